The molecule has 1 aromatic heterocycles. The number of aromatic nitrogens is 1. The molecule has 0 amide bonds. The molecule has 0 unspecified atom stereocenters. The lowest BCUT2D eigenvalue weighted by Gasteiger charge is -2.23. The Bertz CT molecular complexity index is 702. The summed E-state index contributed by atoms with van der Waals surface area (Å²) in [7, 11) is 0. The van der Waals surface area contributed by atoms with E-state index >= 15 is 0 Å². The molecule has 2 atom stereocenters. The van der Waals surface area contributed by atoms with Crippen molar-refractivity contribution >= 4 is 17.6 Å². The van der Waals surface area contributed by atoms with Gasteiger partial charge < -0.3 is 10.8 Å². The summed E-state index contributed by atoms with van der Waals surface area (Å²) >= 11 is 5.83. The van der Waals surface area contributed by atoms with E-state index in [4.69, 9.17) is 17.3 Å². The Kier molecular flexibility index (Phi) is 4.97. The number of nitrogens with two attached hydrogens (primary N) is 1. The van der Waals surface area contributed by atoms with Crippen LogP contribution in [-0.2, 0) is 10.7 Å². The number of hydrogen-bond acceptors (Lipinski definition) is 3. The first-order valence-corrected chi connectivity index (χ1v) is 7.15. The molecule has 2 aromatic rings. The van der Waals surface area contributed by atoms with E-state index in [1.807, 2.05) is 0 Å². The fourth-order valence-corrected chi connectivity index (χ4v) is 2.41. The number of halogens is 3. The Hall–Kier alpha value is -2.05. The molecule has 7 heteroatoms. The van der Waals surface area contributed by atoms with Crippen molar-refractivity contribution in [1.29, 1.82) is 0 Å². The average Bonchev–Trinajstić information content (AvgIpc) is 2.49. The summed E-state index contributed by atoms with van der Waals surface area (Å²) in [6.45, 7) is 0.752. The van der Waals surface area contributed by atoms with E-state index < -0.39 is 23.9 Å². The largest absolute Gasteiger partial charge is 0.480 e. The van der Waals surface area contributed by atoms with Crippen LogP contribution in [0.2, 0.25) is 5.02 Å². The molecule has 0 saturated heterocycles. The van der Waals surface area contributed by atoms with Gasteiger partial charge in [0.05, 0.1) is 0 Å². The van der Waals surface area contributed by atoms with Crippen molar-refractivity contribution < 1.29 is 18.7 Å². The summed E-state index contributed by atoms with van der Waals surface area (Å²) in [5.74, 6) is -5.14. The first-order valence-electron chi connectivity index (χ1n) is 6.77. The minimum Gasteiger partial charge on any atom is -0.480 e. The molecule has 2 rings (SSSR count). The number of pyridine rings is 1. The highest BCUT2D eigenvalue weighted by molar-refractivity contribution is 6.30. The van der Waals surface area contributed by atoms with E-state index in [0.717, 1.165) is 13.1 Å². The van der Waals surface area contributed by atoms with Gasteiger partial charge in [0.1, 0.15) is 6.04 Å². The molecule has 0 saturated carbocycles. The second-order valence-electron chi connectivity index (χ2n) is 5.29. The van der Waals surface area contributed by atoms with Crippen LogP contribution < -0.4 is 5.73 Å². The van der Waals surface area contributed by atoms with Crippen LogP contribution in [0.1, 0.15) is 29.5 Å². The first kappa shape index (κ1) is 17.3. The van der Waals surface area contributed by atoms with Gasteiger partial charge >= 0.3 is 5.97 Å². The predicted octanol–water partition coefficient (Wildman–Crippen LogP) is 3.39. The normalized spacial score (nSPS) is 14.3. The van der Waals surface area contributed by atoms with Crippen LogP contribution >= 0.6 is 11.6 Å². The van der Waals surface area contributed by atoms with Crippen LogP contribution in [0.25, 0.3) is 0 Å². The summed E-state index contributed by atoms with van der Waals surface area (Å²) in [5, 5.41) is 9.71. The van der Waals surface area contributed by atoms with Crippen molar-refractivity contribution in [1.82, 2.24) is 4.98 Å². The Morgan fingerprint density at radius 2 is 1.87 bits per heavy atom. The number of benzene rings is 1. The third-order valence-corrected chi connectivity index (χ3v) is 3.75. The van der Waals surface area contributed by atoms with Gasteiger partial charge in [0.15, 0.2) is 0 Å². The fourth-order valence-electron chi connectivity index (χ4n) is 2.29. The fraction of sp³-hybridized carbons (Fsp3) is 0.250. The van der Waals surface area contributed by atoms with Gasteiger partial charge in [-0.05, 0) is 29.3 Å². The molecule has 122 valence electrons. The van der Waals surface area contributed by atoms with E-state index in [1.54, 1.807) is 24.3 Å². The first-order chi connectivity index (χ1) is 10.7. The van der Waals surface area contributed by atoms with E-state index in [0.29, 0.717) is 16.1 Å². The Balaban J connectivity index is 2.54. The van der Waals surface area contributed by atoms with Crippen molar-refractivity contribution in [2.75, 3.05) is 0 Å². The lowest BCUT2D eigenvalue weighted by atomic mass is 9.85. The van der Waals surface area contributed by atoms with Crippen LogP contribution in [0.4, 0.5) is 8.78 Å². The number of alkyl halides is 2. The number of carbonyl (C=O) groups is 1. The zero-order valence-corrected chi connectivity index (χ0v) is 13.0. The molecule has 1 heterocycles. The average molecular weight is 341 g/mol. The maximum absolute atomic E-state index is 13.5. The maximum Gasteiger partial charge on any atom is 0.321 e. The quantitative estimate of drug-likeness (QED) is 0.874. The van der Waals surface area contributed by atoms with E-state index in [9.17, 15) is 18.7 Å². The maximum atomic E-state index is 13.5. The minimum atomic E-state index is -3.08. The molecule has 23 heavy (non-hydrogen) atoms. The topological polar surface area (TPSA) is 76.2 Å². The SMILES string of the molecule is CC(F)(F)c1cncc([C@H](c2ccc(Cl)cc2)[C@H](N)C(=O)O)c1. The smallest absolute Gasteiger partial charge is 0.321 e. The van der Waals surface area contributed by atoms with Gasteiger partial charge in [-0.25, -0.2) is 8.78 Å². The summed E-state index contributed by atoms with van der Waals surface area (Å²) in [5.41, 5.74) is 6.34. The number of nitrogens with zero attached hydrogens (tertiary/aromatic N) is 1. The van der Waals surface area contributed by atoms with Gasteiger partial charge in [-0.15, -0.1) is 0 Å². The number of hydrogen-bond donors (Lipinski definition) is 2. The predicted molar refractivity (Wildman–Crippen MR) is 82.7 cm³/mol. The van der Waals surface area contributed by atoms with Gasteiger partial charge in [0.2, 0.25) is 0 Å². The Labute approximate surface area is 136 Å². The Morgan fingerprint density at radius 3 is 2.39 bits per heavy atom. The summed E-state index contributed by atoms with van der Waals surface area (Å²) in [6, 6.07) is 6.33. The van der Waals surface area contributed by atoms with Gasteiger partial charge in [0, 0.05) is 35.8 Å². The number of carboxylic acid groups (broad SMARTS) is 1. The summed E-state index contributed by atoms with van der Waals surface area (Å²) in [4.78, 5) is 15.1. The molecule has 0 fully saturated rings. The van der Waals surface area contributed by atoms with Crippen molar-refractivity contribution in [3.8, 4) is 0 Å². The van der Waals surface area contributed by atoms with Gasteiger partial charge in [0.25, 0.3) is 5.92 Å². The lowest BCUT2D eigenvalue weighted by molar-refractivity contribution is -0.138. The number of rotatable bonds is 5. The van der Waals surface area contributed by atoms with Crippen molar-refractivity contribution in [2.45, 2.75) is 24.8 Å². The van der Waals surface area contributed by atoms with Crippen molar-refractivity contribution in [3.05, 3.63) is 64.4 Å². The molecule has 0 aliphatic carbocycles. The summed E-state index contributed by atoms with van der Waals surface area (Å²) in [6.07, 6.45) is 2.39. The van der Waals surface area contributed by atoms with Crippen molar-refractivity contribution in [3.63, 3.8) is 0 Å². The van der Waals surface area contributed by atoms with Gasteiger partial charge in [-0.3, -0.25) is 9.78 Å². The Morgan fingerprint density at radius 1 is 1.26 bits per heavy atom. The highest BCUT2D eigenvalue weighted by Gasteiger charge is 2.31. The summed E-state index contributed by atoms with van der Waals surface area (Å²) < 4.78 is 27.0. The molecular weight excluding hydrogens is 326 g/mol. The minimum absolute atomic E-state index is 0.299. The van der Waals surface area contributed by atoms with Crippen LogP contribution in [0.15, 0.2) is 42.7 Å². The number of carboxylic acids is 1. The van der Waals surface area contributed by atoms with Gasteiger partial charge in [-0.2, -0.15) is 0 Å². The third-order valence-electron chi connectivity index (χ3n) is 3.50. The second kappa shape index (κ2) is 6.60. The third kappa shape index (κ3) is 4.03. The standard InChI is InChI=1S/C16H15ClF2N2O2/c1-16(18,19)11-6-10(7-21-8-11)13(14(20)15(22)23)9-2-4-12(17)5-3-9/h2-8,13-14H,20H2,1H3,(H,22,23)/t13-,14-/m0/s1. The molecule has 3 N–H and O–H groups in total. The highest BCUT2D eigenvalue weighted by Crippen LogP contribution is 2.32. The molecule has 0 radical (unpaired) electrons. The van der Waals surface area contributed by atoms with Gasteiger partial charge in [-0.1, -0.05) is 23.7 Å². The number of aliphatic carboxylic acids is 1. The molecular formula is C16H15ClF2N2O2. The molecule has 0 bridgehead atoms. The highest BCUT2D eigenvalue weighted by atomic mass is 35.5. The zero-order valence-electron chi connectivity index (χ0n) is 12.2. The van der Waals surface area contributed by atoms with E-state index in [2.05, 4.69) is 4.98 Å². The molecule has 4 nitrogen and oxygen atoms in total. The van der Waals surface area contributed by atoms with Crippen LogP contribution in [0.3, 0.4) is 0 Å². The van der Waals surface area contributed by atoms with Crippen molar-refractivity contribution in [2.24, 2.45) is 5.73 Å². The monoisotopic (exact) mass is 340 g/mol. The molecule has 1 aromatic carbocycles. The van der Waals surface area contributed by atoms with E-state index in [1.165, 1.54) is 12.3 Å². The van der Waals surface area contributed by atoms with E-state index in [-0.39, 0.29) is 5.56 Å². The molecule has 0 aliphatic heterocycles. The zero-order chi connectivity index (χ0) is 17.2. The van der Waals surface area contributed by atoms with Crippen LogP contribution in [0, 0.1) is 0 Å². The molecule has 0 aliphatic rings. The molecule has 0 spiro atoms. The van der Waals surface area contributed by atoms with Crippen LogP contribution in [-0.4, -0.2) is 22.1 Å². The second-order valence-corrected chi connectivity index (χ2v) is 5.73. The lowest BCUT2D eigenvalue weighted by Crippen LogP contribution is -2.37. The van der Waals surface area contributed by atoms with Crippen LogP contribution in [0.5, 0.6) is 0 Å².